The Morgan fingerprint density at radius 3 is 2.07 bits per heavy atom. The molecule has 0 aliphatic carbocycles. The zero-order valence-corrected chi connectivity index (χ0v) is 17.5. The Bertz CT molecular complexity index is 775. The Labute approximate surface area is 194 Å². The van der Waals surface area contributed by atoms with Crippen molar-refractivity contribution >= 4 is 5.69 Å². The summed E-state index contributed by atoms with van der Waals surface area (Å²) < 4.78 is 0. The smallest absolute Gasteiger partial charge is 0.739 e. The minimum atomic E-state index is 0. The topological polar surface area (TPSA) is 14.1 Å². The van der Waals surface area contributed by atoms with Gasteiger partial charge in [-0.05, 0) is 5.92 Å². The van der Waals surface area contributed by atoms with Gasteiger partial charge >= 0.3 is 37.7 Å². The third-order valence-corrected chi connectivity index (χ3v) is 4.69. The van der Waals surface area contributed by atoms with Crippen molar-refractivity contribution in [1.82, 2.24) is 0 Å². The maximum atomic E-state index is 4.87. The summed E-state index contributed by atoms with van der Waals surface area (Å²) in [5.41, 5.74) is 4.94. The molecule has 0 saturated carbocycles. The monoisotopic (exact) mass is 355 g/mol. The summed E-state index contributed by atoms with van der Waals surface area (Å²) in [7, 11) is 0. The molecule has 0 spiro atoms. The van der Waals surface area contributed by atoms with Gasteiger partial charge in [0.1, 0.15) is 0 Å². The largest absolute Gasteiger partial charge is 1.00 e. The number of hydrogen-bond acceptors (Lipinski definition) is 0. The normalized spacial score (nSPS) is 10.9. The van der Waals surface area contributed by atoms with Crippen molar-refractivity contribution in [3.63, 3.8) is 0 Å². The molecular formula is C25H27Li2N. The van der Waals surface area contributed by atoms with E-state index in [0.29, 0.717) is 5.92 Å². The fourth-order valence-electron chi connectivity index (χ4n) is 3.22. The van der Waals surface area contributed by atoms with Crippen LogP contribution in [0, 0.1) is 6.42 Å². The van der Waals surface area contributed by atoms with Gasteiger partial charge < -0.3 is 5.32 Å². The van der Waals surface area contributed by atoms with Crippen LogP contribution in [0.3, 0.4) is 0 Å². The first-order valence-electron chi connectivity index (χ1n) is 9.57. The van der Waals surface area contributed by atoms with Crippen LogP contribution in [-0.2, 0) is 6.54 Å². The summed E-state index contributed by atoms with van der Waals surface area (Å²) in [5, 5.41) is 4.87. The standard InChI is InChI=1S/C25H27N.2Li/c1-2-3-14-23(22-15-8-5-9-16-22)19-24-17-10-11-18-25(24)26-20-21-12-6-4-7-13-21;;/h4-13,15-19,23H,2-3,14,20H2,1H3;;/q-2;2*+1. The van der Waals surface area contributed by atoms with Crippen molar-refractivity contribution in [1.29, 1.82) is 0 Å². The van der Waals surface area contributed by atoms with Gasteiger partial charge in [-0.3, -0.25) is 5.69 Å². The molecule has 28 heavy (non-hydrogen) atoms. The molecule has 0 fully saturated rings. The van der Waals surface area contributed by atoms with Crippen LogP contribution >= 0.6 is 0 Å². The van der Waals surface area contributed by atoms with Crippen molar-refractivity contribution < 1.29 is 37.7 Å². The third-order valence-electron chi connectivity index (χ3n) is 4.69. The Balaban J connectivity index is 0.00000196. The molecule has 0 aromatic heterocycles. The predicted octanol–water partition coefficient (Wildman–Crippen LogP) is 1.43. The van der Waals surface area contributed by atoms with E-state index in [1.165, 1.54) is 36.0 Å². The minimum absolute atomic E-state index is 0. The van der Waals surface area contributed by atoms with E-state index < -0.39 is 0 Å². The molecule has 1 atom stereocenters. The van der Waals surface area contributed by atoms with E-state index in [2.05, 4.69) is 92.2 Å². The van der Waals surface area contributed by atoms with Gasteiger partial charge in [0.25, 0.3) is 0 Å². The number of benzene rings is 3. The summed E-state index contributed by atoms with van der Waals surface area (Å²) >= 11 is 0. The van der Waals surface area contributed by atoms with Crippen LogP contribution < -0.4 is 37.7 Å². The Morgan fingerprint density at radius 1 is 0.786 bits per heavy atom. The number of unbranched alkanes of at least 4 members (excludes halogenated alkanes) is 1. The molecule has 1 unspecified atom stereocenters. The third kappa shape index (κ3) is 7.51. The van der Waals surface area contributed by atoms with Gasteiger partial charge in [0.2, 0.25) is 0 Å². The van der Waals surface area contributed by atoms with E-state index in [1.807, 2.05) is 6.07 Å². The predicted molar refractivity (Wildman–Crippen MR) is 112 cm³/mol. The molecule has 0 radical (unpaired) electrons. The molecule has 3 heteroatoms. The van der Waals surface area contributed by atoms with Gasteiger partial charge in [-0.25, -0.2) is 5.56 Å². The Kier molecular flexibility index (Phi) is 12.0. The first-order valence-corrected chi connectivity index (χ1v) is 9.57. The second-order valence-corrected chi connectivity index (χ2v) is 6.69. The number of rotatable bonds is 9. The molecule has 0 heterocycles. The van der Waals surface area contributed by atoms with E-state index in [1.54, 1.807) is 0 Å². The second kappa shape index (κ2) is 13.7. The molecule has 134 valence electrons. The van der Waals surface area contributed by atoms with Gasteiger partial charge in [0, 0.05) is 0 Å². The second-order valence-electron chi connectivity index (χ2n) is 6.69. The molecule has 0 saturated heterocycles. The SMILES string of the molecule is CCCCC([CH-]c1ccccc1[N-]Cc1ccccc1)c1ccccc1.[Li+].[Li+]. The zero-order valence-electron chi connectivity index (χ0n) is 17.5. The van der Waals surface area contributed by atoms with E-state index in [0.717, 1.165) is 12.2 Å². The van der Waals surface area contributed by atoms with Crippen LogP contribution in [0.4, 0.5) is 5.69 Å². The van der Waals surface area contributed by atoms with Crippen LogP contribution in [0.15, 0.2) is 84.9 Å². The first kappa shape index (κ1) is 24.6. The molecule has 0 aliphatic heterocycles. The minimum Gasteiger partial charge on any atom is -0.739 e. The quantitative estimate of drug-likeness (QED) is 0.407. The molecule has 0 N–H and O–H groups in total. The summed E-state index contributed by atoms with van der Waals surface area (Å²) in [5.74, 6) is 0.434. The van der Waals surface area contributed by atoms with E-state index in [-0.39, 0.29) is 37.7 Å². The van der Waals surface area contributed by atoms with Crippen molar-refractivity contribution in [2.75, 3.05) is 0 Å². The summed E-state index contributed by atoms with van der Waals surface area (Å²) in [6.45, 7) is 2.97. The van der Waals surface area contributed by atoms with Crippen LogP contribution in [-0.4, -0.2) is 0 Å². The van der Waals surface area contributed by atoms with Gasteiger partial charge in [0.15, 0.2) is 0 Å². The van der Waals surface area contributed by atoms with E-state index >= 15 is 0 Å². The van der Waals surface area contributed by atoms with Crippen molar-refractivity contribution in [3.8, 4) is 0 Å². The Hall–Kier alpha value is -1.48. The summed E-state index contributed by atoms with van der Waals surface area (Å²) in [4.78, 5) is 0. The van der Waals surface area contributed by atoms with Crippen molar-refractivity contribution in [2.24, 2.45) is 0 Å². The van der Waals surface area contributed by atoms with Crippen molar-refractivity contribution in [3.05, 3.63) is 113 Å². The number of nitrogens with zero attached hydrogens (tertiary/aromatic N) is 1. The summed E-state index contributed by atoms with van der Waals surface area (Å²) in [6.07, 6.45) is 6.03. The molecule has 1 nitrogen and oxygen atoms in total. The number of para-hydroxylation sites is 1. The van der Waals surface area contributed by atoms with Gasteiger partial charge in [0.05, 0.1) is 0 Å². The first-order chi connectivity index (χ1) is 12.9. The maximum absolute atomic E-state index is 4.87. The van der Waals surface area contributed by atoms with Gasteiger partial charge in [-0.15, -0.1) is 18.7 Å². The molecule has 3 rings (SSSR count). The average Bonchev–Trinajstić information content (AvgIpc) is 2.71. The average molecular weight is 355 g/mol. The van der Waals surface area contributed by atoms with Gasteiger partial charge in [-0.2, -0.15) is 12.5 Å². The number of hydrogen-bond donors (Lipinski definition) is 0. The molecular weight excluding hydrogens is 328 g/mol. The molecule has 0 bridgehead atoms. The van der Waals surface area contributed by atoms with Crippen LogP contribution in [0.1, 0.15) is 48.8 Å². The van der Waals surface area contributed by atoms with Crippen LogP contribution in [0.5, 0.6) is 0 Å². The molecule has 3 aromatic carbocycles. The molecule has 0 amide bonds. The van der Waals surface area contributed by atoms with Crippen molar-refractivity contribution in [2.45, 2.75) is 38.6 Å². The van der Waals surface area contributed by atoms with E-state index in [4.69, 9.17) is 5.32 Å². The molecule has 0 aliphatic rings. The maximum Gasteiger partial charge on any atom is 1.00 e. The molecule has 3 aromatic rings. The Morgan fingerprint density at radius 2 is 1.39 bits per heavy atom. The van der Waals surface area contributed by atoms with Crippen LogP contribution in [0.25, 0.3) is 5.32 Å². The van der Waals surface area contributed by atoms with Gasteiger partial charge in [-0.1, -0.05) is 104 Å². The van der Waals surface area contributed by atoms with E-state index in [9.17, 15) is 0 Å². The summed E-state index contributed by atoms with van der Waals surface area (Å²) in [6, 6.07) is 29.8. The van der Waals surface area contributed by atoms with Crippen LogP contribution in [0.2, 0.25) is 0 Å². The fraction of sp³-hybridized carbons (Fsp3) is 0.240. The zero-order chi connectivity index (χ0) is 18.0. The fourth-order valence-corrected chi connectivity index (χ4v) is 3.22.